The summed E-state index contributed by atoms with van der Waals surface area (Å²) < 4.78 is -3.85. The van der Waals surface area contributed by atoms with Crippen molar-refractivity contribution in [2.45, 2.75) is 7.59 Å². The van der Waals surface area contributed by atoms with E-state index >= 15 is 0 Å². The molecular weight excluding hydrogens is 415 g/mol. The Labute approximate surface area is 155 Å². The molecule has 116 valence electrons. The van der Waals surface area contributed by atoms with E-state index in [1.807, 2.05) is 0 Å². The number of hydrogen-bond acceptors (Lipinski definition) is 4. The van der Waals surface area contributed by atoms with Crippen LogP contribution in [-0.4, -0.2) is 21.2 Å². The molecule has 0 saturated heterocycles. The Bertz CT molecular complexity index is 678. The van der Waals surface area contributed by atoms with Crippen LogP contribution >= 0.6 is 69.6 Å². The van der Waals surface area contributed by atoms with Crippen molar-refractivity contribution in [3.8, 4) is 11.4 Å². The van der Waals surface area contributed by atoms with Gasteiger partial charge in [0.1, 0.15) is 6.29 Å². The highest BCUT2D eigenvalue weighted by Gasteiger charge is 2.34. The molecular formula is C12H5Cl6N3O. The zero-order chi connectivity index (χ0) is 16.5. The minimum Gasteiger partial charge on any atom is -0.298 e. The minimum absolute atomic E-state index is 0.112. The third-order valence-electron chi connectivity index (χ3n) is 2.42. The van der Waals surface area contributed by atoms with E-state index < -0.39 is 7.59 Å². The maximum Gasteiger partial charge on any atom is 0.250 e. The Balaban J connectivity index is 2.67. The Morgan fingerprint density at radius 1 is 0.864 bits per heavy atom. The fraction of sp³-hybridized carbons (Fsp3) is 0.167. The summed E-state index contributed by atoms with van der Waals surface area (Å²) in [7, 11) is 0. The molecule has 0 saturated carbocycles. The van der Waals surface area contributed by atoms with Gasteiger partial charge in [-0.15, -0.1) is 0 Å². The fourth-order valence-electron chi connectivity index (χ4n) is 1.51. The molecule has 0 bridgehead atoms. The van der Waals surface area contributed by atoms with Crippen LogP contribution in [0, 0.1) is 0 Å². The number of nitrogens with zero attached hydrogens (tertiary/aromatic N) is 3. The monoisotopic (exact) mass is 417 g/mol. The lowest BCUT2D eigenvalue weighted by Crippen LogP contribution is -2.16. The fourth-order valence-corrected chi connectivity index (χ4v) is 2.02. The van der Waals surface area contributed by atoms with Crippen LogP contribution in [0.15, 0.2) is 24.3 Å². The number of aromatic nitrogens is 3. The average molecular weight is 420 g/mol. The highest BCUT2D eigenvalue weighted by molar-refractivity contribution is 6.67. The summed E-state index contributed by atoms with van der Waals surface area (Å²) in [5.41, 5.74) is 0.904. The highest BCUT2D eigenvalue weighted by atomic mass is 35.6. The molecule has 0 fully saturated rings. The van der Waals surface area contributed by atoms with E-state index in [0.29, 0.717) is 17.4 Å². The summed E-state index contributed by atoms with van der Waals surface area (Å²) in [6.45, 7) is 0. The molecule has 0 unspecified atom stereocenters. The van der Waals surface area contributed by atoms with Gasteiger partial charge in [0.2, 0.25) is 7.59 Å². The Morgan fingerprint density at radius 2 is 1.41 bits per heavy atom. The third-order valence-corrected chi connectivity index (χ3v) is 3.44. The molecule has 0 spiro atoms. The van der Waals surface area contributed by atoms with Crippen LogP contribution in [0.3, 0.4) is 0 Å². The standard InChI is InChI=1S/C12H5Cl6N3O/c13-11(14,15)9-19-8(20-10(21-9)12(16,17)18)7-3-1-2-6(4-7)5-22/h1-5H. The van der Waals surface area contributed by atoms with Crippen molar-refractivity contribution in [3.63, 3.8) is 0 Å². The summed E-state index contributed by atoms with van der Waals surface area (Å²) in [6, 6.07) is 6.47. The van der Waals surface area contributed by atoms with Crippen molar-refractivity contribution in [1.82, 2.24) is 15.0 Å². The van der Waals surface area contributed by atoms with Crippen LogP contribution in [0.5, 0.6) is 0 Å². The minimum atomic E-state index is -1.93. The second-order valence-corrected chi connectivity index (χ2v) is 8.61. The summed E-state index contributed by atoms with van der Waals surface area (Å²) in [5.74, 6) is -0.276. The van der Waals surface area contributed by atoms with E-state index in [2.05, 4.69) is 15.0 Å². The zero-order valence-corrected chi connectivity index (χ0v) is 14.9. The van der Waals surface area contributed by atoms with Crippen LogP contribution in [-0.2, 0) is 7.59 Å². The van der Waals surface area contributed by atoms with Crippen molar-refractivity contribution >= 4 is 75.9 Å². The largest absolute Gasteiger partial charge is 0.298 e. The van der Waals surface area contributed by atoms with Gasteiger partial charge in [0, 0.05) is 11.1 Å². The second-order valence-electron chi connectivity index (χ2n) is 4.05. The van der Waals surface area contributed by atoms with Gasteiger partial charge in [0.05, 0.1) is 0 Å². The number of alkyl halides is 6. The number of benzene rings is 1. The van der Waals surface area contributed by atoms with E-state index in [0.717, 1.165) is 0 Å². The first kappa shape index (κ1) is 18.0. The van der Waals surface area contributed by atoms with Crippen LogP contribution in [0.1, 0.15) is 22.0 Å². The second kappa shape index (κ2) is 6.63. The number of hydrogen-bond donors (Lipinski definition) is 0. The van der Waals surface area contributed by atoms with Gasteiger partial charge in [-0.2, -0.15) is 0 Å². The maximum atomic E-state index is 10.9. The van der Waals surface area contributed by atoms with Gasteiger partial charge in [0.15, 0.2) is 17.5 Å². The van der Waals surface area contributed by atoms with E-state index in [9.17, 15) is 4.79 Å². The van der Waals surface area contributed by atoms with Crippen LogP contribution in [0.25, 0.3) is 11.4 Å². The summed E-state index contributed by atoms with van der Waals surface area (Å²) in [4.78, 5) is 22.8. The maximum absolute atomic E-state index is 10.9. The SMILES string of the molecule is O=Cc1cccc(-c2nc(C(Cl)(Cl)Cl)nc(C(Cl)(Cl)Cl)n2)c1. The van der Waals surface area contributed by atoms with Gasteiger partial charge in [0.25, 0.3) is 0 Å². The van der Waals surface area contributed by atoms with Crippen LogP contribution in [0.2, 0.25) is 0 Å². The molecule has 0 aliphatic heterocycles. The molecule has 1 aromatic carbocycles. The quantitative estimate of drug-likeness (QED) is 0.507. The number of aldehydes is 1. The molecule has 0 aliphatic rings. The number of carbonyl (C=O) groups is 1. The molecule has 4 nitrogen and oxygen atoms in total. The van der Waals surface area contributed by atoms with E-state index in [-0.39, 0.29) is 17.5 Å². The number of carbonyl (C=O) groups excluding carboxylic acids is 1. The number of halogens is 6. The normalized spacial score (nSPS) is 12.3. The Morgan fingerprint density at radius 3 is 1.86 bits per heavy atom. The average Bonchev–Trinajstić information content (AvgIpc) is 2.45. The molecule has 0 radical (unpaired) electrons. The summed E-state index contributed by atoms with van der Waals surface area (Å²) in [6.07, 6.45) is 0.677. The molecule has 0 aliphatic carbocycles. The molecule has 0 atom stereocenters. The van der Waals surface area contributed by atoms with E-state index in [1.165, 1.54) is 0 Å². The van der Waals surface area contributed by atoms with Crippen molar-refractivity contribution in [3.05, 3.63) is 41.5 Å². The van der Waals surface area contributed by atoms with Crippen LogP contribution in [0.4, 0.5) is 0 Å². The lowest BCUT2D eigenvalue weighted by atomic mass is 10.1. The number of rotatable bonds is 2. The van der Waals surface area contributed by atoms with E-state index in [1.54, 1.807) is 24.3 Å². The van der Waals surface area contributed by atoms with Crippen molar-refractivity contribution in [2.75, 3.05) is 0 Å². The first-order valence-corrected chi connectivity index (χ1v) is 7.84. The predicted molar refractivity (Wildman–Crippen MR) is 89.1 cm³/mol. The summed E-state index contributed by atoms with van der Waals surface area (Å²) >= 11 is 34.7. The predicted octanol–water partition coefficient (Wildman–Crippen LogP) is 5.00. The third kappa shape index (κ3) is 4.34. The zero-order valence-electron chi connectivity index (χ0n) is 10.4. The van der Waals surface area contributed by atoms with Gasteiger partial charge in [-0.05, 0) is 6.07 Å². The smallest absolute Gasteiger partial charge is 0.250 e. The Kier molecular flexibility index (Phi) is 5.42. The van der Waals surface area contributed by atoms with Crippen LogP contribution < -0.4 is 0 Å². The van der Waals surface area contributed by atoms with Crippen molar-refractivity contribution in [2.24, 2.45) is 0 Å². The topological polar surface area (TPSA) is 55.7 Å². The Hall–Kier alpha value is -0.360. The lowest BCUT2D eigenvalue weighted by Gasteiger charge is -2.15. The lowest BCUT2D eigenvalue weighted by molar-refractivity contribution is 0.112. The summed E-state index contributed by atoms with van der Waals surface area (Å²) in [5, 5.41) is 0. The van der Waals surface area contributed by atoms with Crippen molar-refractivity contribution in [1.29, 1.82) is 0 Å². The van der Waals surface area contributed by atoms with Gasteiger partial charge >= 0.3 is 0 Å². The molecule has 10 heteroatoms. The first-order chi connectivity index (χ1) is 10.1. The van der Waals surface area contributed by atoms with Gasteiger partial charge in [-0.3, -0.25) is 4.79 Å². The molecule has 1 aromatic heterocycles. The van der Waals surface area contributed by atoms with Gasteiger partial charge in [-0.25, -0.2) is 15.0 Å². The molecule has 1 heterocycles. The molecule has 0 N–H and O–H groups in total. The van der Waals surface area contributed by atoms with Crippen molar-refractivity contribution < 1.29 is 4.79 Å². The van der Waals surface area contributed by atoms with E-state index in [4.69, 9.17) is 69.6 Å². The molecule has 2 rings (SSSR count). The molecule has 0 amide bonds. The first-order valence-electron chi connectivity index (χ1n) is 5.57. The highest BCUT2D eigenvalue weighted by Crippen LogP contribution is 2.40. The van der Waals surface area contributed by atoms with Gasteiger partial charge < -0.3 is 0 Å². The molecule has 22 heavy (non-hydrogen) atoms. The molecule has 2 aromatic rings. The van der Waals surface area contributed by atoms with Gasteiger partial charge in [-0.1, -0.05) is 87.8 Å².